The third kappa shape index (κ3) is 3.43. The number of ether oxygens (including phenoxy) is 2. The zero-order valence-electron chi connectivity index (χ0n) is 14.1. The molecule has 26 heavy (non-hydrogen) atoms. The summed E-state index contributed by atoms with van der Waals surface area (Å²) < 4.78 is 16.3. The summed E-state index contributed by atoms with van der Waals surface area (Å²) in [5, 5.41) is 8.40. The van der Waals surface area contributed by atoms with E-state index >= 15 is 0 Å². The number of hydrogen-bond acceptors (Lipinski definition) is 7. The standard InChI is InChI=1S/C19H16N2O4S/c1-2-12-3-5-13(6-4-12)15(22)10-26-19-21-20-18(25-19)14-7-8-16-17(9-14)24-11-23-16/h3-9H,2,10-11H2,1H3. The van der Waals surface area contributed by atoms with E-state index in [0.29, 0.717) is 28.2 Å². The van der Waals surface area contributed by atoms with Gasteiger partial charge in [-0.2, -0.15) is 0 Å². The Bertz CT molecular complexity index is 937. The molecule has 1 aromatic heterocycles. The van der Waals surface area contributed by atoms with Crippen molar-refractivity contribution in [1.82, 2.24) is 10.2 Å². The van der Waals surface area contributed by atoms with Crippen LogP contribution >= 0.6 is 11.8 Å². The summed E-state index contributed by atoms with van der Waals surface area (Å²) in [6.45, 7) is 2.30. The predicted molar refractivity (Wildman–Crippen MR) is 96.7 cm³/mol. The van der Waals surface area contributed by atoms with Crippen molar-refractivity contribution in [2.24, 2.45) is 0 Å². The number of nitrogens with zero attached hydrogens (tertiary/aromatic N) is 2. The molecular formula is C19H16N2O4S. The zero-order chi connectivity index (χ0) is 17.9. The Balaban J connectivity index is 1.41. The van der Waals surface area contributed by atoms with Crippen LogP contribution in [-0.2, 0) is 6.42 Å². The molecule has 2 aromatic carbocycles. The number of carbonyl (C=O) groups is 1. The van der Waals surface area contributed by atoms with Gasteiger partial charge in [-0.05, 0) is 30.2 Å². The van der Waals surface area contributed by atoms with E-state index in [9.17, 15) is 4.79 Å². The van der Waals surface area contributed by atoms with Crippen LogP contribution in [0, 0.1) is 0 Å². The van der Waals surface area contributed by atoms with Crippen molar-refractivity contribution in [3.63, 3.8) is 0 Å². The molecule has 1 aliphatic rings. The molecule has 0 unspecified atom stereocenters. The van der Waals surface area contributed by atoms with Gasteiger partial charge in [-0.15, -0.1) is 10.2 Å². The summed E-state index contributed by atoms with van der Waals surface area (Å²) in [7, 11) is 0. The Morgan fingerprint density at radius 2 is 1.88 bits per heavy atom. The normalized spacial score (nSPS) is 12.3. The van der Waals surface area contributed by atoms with Crippen molar-refractivity contribution in [3.8, 4) is 23.0 Å². The number of fused-ring (bicyclic) bond motifs is 1. The first-order chi connectivity index (χ1) is 12.7. The first kappa shape index (κ1) is 16.7. The molecule has 1 aliphatic heterocycles. The van der Waals surface area contributed by atoms with Crippen molar-refractivity contribution in [1.29, 1.82) is 0 Å². The Kier molecular flexibility index (Phi) is 4.62. The first-order valence-electron chi connectivity index (χ1n) is 8.21. The van der Waals surface area contributed by atoms with E-state index < -0.39 is 0 Å². The Morgan fingerprint density at radius 3 is 2.69 bits per heavy atom. The maximum absolute atomic E-state index is 12.3. The van der Waals surface area contributed by atoms with E-state index in [1.165, 1.54) is 17.3 Å². The first-order valence-corrected chi connectivity index (χ1v) is 9.20. The number of hydrogen-bond donors (Lipinski definition) is 0. The van der Waals surface area contributed by atoms with E-state index in [1.807, 2.05) is 30.3 Å². The van der Waals surface area contributed by atoms with Crippen molar-refractivity contribution >= 4 is 17.5 Å². The average Bonchev–Trinajstić information content (AvgIpc) is 3.34. The minimum Gasteiger partial charge on any atom is -0.454 e. The van der Waals surface area contributed by atoms with Crippen LogP contribution in [0.2, 0.25) is 0 Å². The molecule has 0 amide bonds. The summed E-state index contributed by atoms with van der Waals surface area (Å²) in [5.74, 6) is 2.00. The van der Waals surface area contributed by atoms with Crippen molar-refractivity contribution < 1.29 is 18.7 Å². The fraction of sp³-hybridized carbons (Fsp3) is 0.211. The molecule has 132 valence electrons. The van der Waals surface area contributed by atoms with Crippen LogP contribution in [-0.4, -0.2) is 28.5 Å². The second-order valence-electron chi connectivity index (χ2n) is 5.70. The summed E-state index contributed by atoms with van der Waals surface area (Å²) in [5.41, 5.74) is 2.64. The van der Waals surface area contributed by atoms with Gasteiger partial charge in [-0.1, -0.05) is 43.0 Å². The number of aryl methyl sites for hydroxylation is 1. The van der Waals surface area contributed by atoms with E-state index in [1.54, 1.807) is 12.1 Å². The highest BCUT2D eigenvalue weighted by Gasteiger charge is 2.17. The quantitative estimate of drug-likeness (QED) is 0.481. The summed E-state index contributed by atoms with van der Waals surface area (Å²) in [6, 6.07) is 13.1. The zero-order valence-corrected chi connectivity index (χ0v) is 14.9. The lowest BCUT2D eigenvalue weighted by Crippen LogP contribution is -2.02. The molecule has 0 spiro atoms. The molecule has 0 bridgehead atoms. The van der Waals surface area contributed by atoms with Crippen LogP contribution in [0.5, 0.6) is 11.5 Å². The summed E-state index contributed by atoms with van der Waals surface area (Å²) in [6.07, 6.45) is 0.952. The lowest BCUT2D eigenvalue weighted by molar-refractivity contribution is 0.102. The Hall–Kier alpha value is -2.80. The molecule has 3 aromatic rings. The van der Waals surface area contributed by atoms with Gasteiger partial charge in [0.25, 0.3) is 5.22 Å². The number of ketones is 1. The molecule has 0 aliphatic carbocycles. The van der Waals surface area contributed by atoms with Crippen molar-refractivity contribution in [2.45, 2.75) is 18.6 Å². The van der Waals surface area contributed by atoms with E-state index in [-0.39, 0.29) is 18.3 Å². The van der Waals surface area contributed by atoms with Gasteiger partial charge in [0.1, 0.15) is 0 Å². The van der Waals surface area contributed by atoms with Crippen LogP contribution < -0.4 is 9.47 Å². The van der Waals surface area contributed by atoms with E-state index in [2.05, 4.69) is 17.1 Å². The molecule has 4 rings (SSSR count). The van der Waals surface area contributed by atoms with Crippen LogP contribution in [0.15, 0.2) is 52.1 Å². The molecular weight excluding hydrogens is 352 g/mol. The van der Waals surface area contributed by atoms with Crippen molar-refractivity contribution in [2.75, 3.05) is 12.5 Å². The van der Waals surface area contributed by atoms with Crippen LogP contribution in [0.25, 0.3) is 11.5 Å². The van der Waals surface area contributed by atoms with Crippen LogP contribution in [0.4, 0.5) is 0 Å². The number of Topliss-reactive ketones (excluding diaryl/α,β-unsaturated/α-hetero) is 1. The maximum atomic E-state index is 12.3. The molecule has 0 saturated heterocycles. The number of carbonyl (C=O) groups excluding carboxylic acids is 1. The predicted octanol–water partition coefficient (Wildman–Crippen LogP) is 4.00. The lowest BCUT2D eigenvalue weighted by atomic mass is 10.1. The van der Waals surface area contributed by atoms with Gasteiger partial charge in [0, 0.05) is 11.1 Å². The van der Waals surface area contributed by atoms with Crippen LogP contribution in [0.3, 0.4) is 0 Å². The third-order valence-electron chi connectivity index (χ3n) is 4.04. The minimum absolute atomic E-state index is 0.0282. The Labute approximate surface area is 154 Å². The van der Waals surface area contributed by atoms with E-state index in [4.69, 9.17) is 13.9 Å². The molecule has 0 atom stereocenters. The SMILES string of the molecule is CCc1ccc(C(=O)CSc2nnc(-c3ccc4c(c3)OCO4)o2)cc1. The molecule has 0 fully saturated rings. The smallest absolute Gasteiger partial charge is 0.277 e. The maximum Gasteiger partial charge on any atom is 0.277 e. The summed E-state index contributed by atoms with van der Waals surface area (Å²) in [4.78, 5) is 12.3. The highest BCUT2D eigenvalue weighted by atomic mass is 32.2. The topological polar surface area (TPSA) is 74.5 Å². The number of aromatic nitrogens is 2. The number of thioether (sulfide) groups is 1. The van der Waals surface area contributed by atoms with Gasteiger partial charge in [0.15, 0.2) is 17.3 Å². The molecule has 2 heterocycles. The highest BCUT2D eigenvalue weighted by Crippen LogP contribution is 2.36. The van der Waals surface area contributed by atoms with Gasteiger partial charge >= 0.3 is 0 Å². The van der Waals surface area contributed by atoms with Gasteiger partial charge in [-0.25, -0.2) is 0 Å². The van der Waals surface area contributed by atoms with Gasteiger partial charge in [-0.3, -0.25) is 4.79 Å². The fourth-order valence-corrected chi connectivity index (χ4v) is 3.21. The molecule has 0 saturated carbocycles. The third-order valence-corrected chi connectivity index (χ3v) is 4.86. The summed E-state index contributed by atoms with van der Waals surface area (Å²) >= 11 is 1.23. The lowest BCUT2D eigenvalue weighted by Gasteiger charge is -2.01. The fourth-order valence-electron chi connectivity index (χ4n) is 2.55. The molecule has 0 N–H and O–H groups in total. The highest BCUT2D eigenvalue weighted by molar-refractivity contribution is 7.99. The minimum atomic E-state index is 0.0282. The molecule has 0 radical (unpaired) electrons. The Morgan fingerprint density at radius 1 is 1.08 bits per heavy atom. The second kappa shape index (κ2) is 7.21. The largest absolute Gasteiger partial charge is 0.454 e. The second-order valence-corrected chi connectivity index (χ2v) is 6.63. The van der Waals surface area contributed by atoms with Gasteiger partial charge in [0.2, 0.25) is 12.7 Å². The van der Waals surface area contributed by atoms with Gasteiger partial charge in [0.05, 0.1) is 5.75 Å². The van der Waals surface area contributed by atoms with Gasteiger partial charge < -0.3 is 13.9 Å². The number of rotatable bonds is 6. The van der Waals surface area contributed by atoms with Crippen LogP contribution in [0.1, 0.15) is 22.8 Å². The monoisotopic (exact) mass is 368 g/mol. The van der Waals surface area contributed by atoms with E-state index in [0.717, 1.165) is 12.0 Å². The number of benzene rings is 2. The molecule has 7 heteroatoms. The molecule has 6 nitrogen and oxygen atoms in total. The van der Waals surface area contributed by atoms with Crippen molar-refractivity contribution in [3.05, 3.63) is 53.6 Å². The average molecular weight is 368 g/mol.